The zero-order valence-electron chi connectivity index (χ0n) is 16.6. The third kappa shape index (κ3) is 2.63. The number of phenols is 1. The van der Waals surface area contributed by atoms with Gasteiger partial charge in [0.25, 0.3) is 0 Å². The SMILES string of the molecule is O=S(=O)(Oc1ccc(-c2ccc(O)c3c2C2CCC3C2)c2c1C1CCC2C1)C(F)(F)F. The second-order valence-corrected chi connectivity index (χ2v) is 10.8. The molecular weight excluding hydrogens is 429 g/mol. The van der Waals surface area contributed by atoms with Gasteiger partial charge in [-0.1, -0.05) is 12.1 Å². The largest absolute Gasteiger partial charge is 0.534 e. The Morgan fingerprint density at radius 1 is 0.774 bits per heavy atom. The van der Waals surface area contributed by atoms with Gasteiger partial charge in [0.05, 0.1) is 0 Å². The molecule has 2 aromatic carbocycles. The van der Waals surface area contributed by atoms with Gasteiger partial charge in [0.15, 0.2) is 0 Å². The van der Waals surface area contributed by atoms with Crippen LogP contribution in [-0.4, -0.2) is 19.0 Å². The lowest BCUT2D eigenvalue weighted by Gasteiger charge is -2.26. The Hall–Kier alpha value is -2.22. The Morgan fingerprint density at radius 2 is 1.26 bits per heavy atom. The predicted octanol–water partition coefficient (Wildman–Crippen LogP) is 6.02. The monoisotopic (exact) mass is 450 g/mol. The fourth-order valence-electron chi connectivity index (χ4n) is 6.69. The van der Waals surface area contributed by atoms with Gasteiger partial charge in [0.1, 0.15) is 11.5 Å². The fourth-order valence-corrected chi connectivity index (χ4v) is 7.17. The Kier molecular flexibility index (Phi) is 3.88. The van der Waals surface area contributed by atoms with Gasteiger partial charge in [-0.25, -0.2) is 0 Å². The van der Waals surface area contributed by atoms with Crippen LogP contribution in [0.4, 0.5) is 13.2 Å². The molecule has 0 amide bonds. The maximum atomic E-state index is 12.9. The van der Waals surface area contributed by atoms with Gasteiger partial charge < -0.3 is 9.29 Å². The molecule has 4 aliphatic rings. The van der Waals surface area contributed by atoms with E-state index in [1.165, 1.54) is 6.07 Å². The van der Waals surface area contributed by atoms with E-state index in [-0.39, 0.29) is 17.6 Å². The molecule has 0 spiro atoms. The van der Waals surface area contributed by atoms with Crippen molar-refractivity contribution in [2.45, 2.75) is 67.7 Å². The van der Waals surface area contributed by atoms with Crippen LogP contribution in [0.25, 0.3) is 11.1 Å². The van der Waals surface area contributed by atoms with Crippen molar-refractivity contribution in [3.8, 4) is 22.6 Å². The second-order valence-electron chi connectivity index (χ2n) is 9.30. The van der Waals surface area contributed by atoms with E-state index in [0.29, 0.717) is 23.1 Å². The van der Waals surface area contributed by atoms with Crippen molar-refractivity contribution >= 4 is 10.1 Å². The van der Waals surface area contributed by atoms with Crippen LogP contribution in [0.2, 0.25) is 0 Å². The number of halogens is 3. The molecule has 31 heavy (non-hydrogen) atoms. The summed E-state index contributed by atoms with van der Waals surface area (Å²) >= 11 is 0. The summed E-state index contributed by atoms with van der Waals surface area (Å²) in [6.45, 7) is 0. The van der Waals surface area contributed by atoms with Crippen molar-refractivity contribution < 1.29 is 30.9 Å². The summed E-state index contributed by atoms with van der Waals surface area (Å²) in [7, 11) is -5.72. The highest BCUT2D eigenvalue weighted by Crippen LogP contribution is 2.62. The summed E-state index contributed by atoms with van der Waals surface area (Å²) in [5, 5.41) is 10.5. The first-order chi connectivity index (χ1) is 14.7. The maximum Gasteiger partial charge on any atom is 0.534 e. The zero-order valence-corrected chi connectivity index (χ0v) is 17.4. The minimum absolute atomic E-state index is 0.0139. The van der Waals surface area contributed by atoms with Crippen LogP contribution in [-0.2, 0) is 10.1 Å². The number of hydrogen-bond donors (Lipinski definition) is 1. The zero-order chi connectivity index (χ0) is 21.7. The van der Waals surface area contributed by atoms with Gasteiger partial charge in [-0.05, 0) is 96.6 Å². The molecule has 0 aliphatic heterocycles. The van der Waals surface area contributed by atoms with E-state index in [1.54, 1.807) is 12.1 Å². The summed E-state index contributed by atoms with van der Waals surface area (Å²) in [6.07, 6.45) is 5.74. The number of phenolic OH excluding ortho intramolecular Hbond substituents is 1. The highest BCUT2D eigenvalue weighted by Gasteiger charge is 2.50. The molecule has 2 fully saturated rings. The van der Waals surface area contributed by atoms with Gasteiger partial charge in [-0.2, -0.15) is 21.6 Å². The minimum atomic E-state index is -5.72. The highest BCUT2D eigenvalue weighted by atomic mass is 32.2. The average molecular weight is 450 g/mol. The summed E-state index contributed by atoms with van der Waals surface area (Å²) < 4.78 is 66.8. The Labute approximate surface area is 178 Å². The fraction of sp³-hybridized carbons (Fsp3) is 0.478. The highest BCUT2D eigenvalue weighted by molar-refractivity contribution is 7.88. The van der Waals surface area contributed by atoms with Crippen LogP contribution in [0.3, 0.4) is 0 Å². The number of benzene rings is 2. The van der Waals surface area contributed by atoms with Crippen LogP contribution < -0.4 is 4.18 Å². The van der Waals surface area contributed by atoms with Gasteiger partial charge in [0, 0.05) is 11.1 Å². The van der Waals surface area contributed by atoms with E-state index in [9.17, 15) is 26.7 Å². The molecule has 2 saturated carbocycles. The van der Waals surface area contributed by atoms with Gasteiger partial charge in [-0.3, -0.25) is 0 Å². The molecule has 4 atom stereocenters. The van der Waals surface area contributed by atoms with Crippen molar-refractivity contribution in [3.63, 3.8) is 0 Å². The Bertz CT molecular complexity index is 1220. The van der Waals surface area contributed by atoms with Crippen molar-refractivity contribution in [2.24, 2.45) is 0 Å². The van der Waals surface area contributed by atoms with Crippen LogP contribution in [0.15, 0.2) is 24.3 Å². The molecule has 4 unspecified atom stereocenters. The van der Waals surface area contributed by atoms with Crippen LogP contribution in [0.1, 0.15) is 84.5 Å². The number of alkyl halides is 3. The molecule has 1 N–H and O–H groups in total. The molecule has 4 nitrogen and oxygen atoms in total. The molecule has 0 radical (unpaired) electrons. The van der Waals surface area contributed by atoms with Crippen LogP contribution in [0, 0.1) is 0 Å². The van der Waals surface area contributed by atoms with E-state index in [1.807, 2.05) is 6.07 Å². The lowest BCUT2D eigenvalue weighted by atomic mass is 9.80. The van der Waals surface area contributed by atoms with E-state index < -0.39 is 15.6 Å². The number of rotatable bonds is 3. The smallest absolute Gasteiger partial charge is 0.508 e. The van der Waals surface area contributed by atoms with Crippen LogP contribution >= 0.6 is 0 Å². The van der Waals surface area contributed by atoms with Crippen LogP contribution in [0.5, 0.6) is 11.5 Å². The van der Waals surface area contributed by atoms with Crippen molar-refractivity contribution in [3.05, 3.63) is 46.5 Å². The molecule has 2 aromatic rings. The lowest BCUT2D eigenvalue weighted by Crippen LogP contribution is -2.28. The second kappa shape index (κ2) is 6.18. The van der Waals surface area contributed by atoms with Gasteiger partial charge >= 0.3 is 15.6 Å². The summed E-state index contributed by atoms with van der Waals surface area (Å²) in [5.41, 5.74) is 0.237. The van der Waals surface area contributed by atoms with Crippen molar-refractivity contribution in [1.82, 2.24) is 0 Å². The third-order valence-corrected chi connectivity index (χ3v) is 8.75. The molecule has 0 heterocycles. The van der Waals surface area contributed by atoms with E-state index >= 15 is 0 Å². The van der Waals surface area contributed by atoms with Crippen molar-refractivity contribution in [1.29, 1.82) is 0 Å². The van der Waals surface area contributed by atoms with Crippen molar-refractivity contribution in [2.75, 3.05) is 0 Å². The molecule has 4 aliphatic carbocycles. The van der Waals surface area contributed by atoms with Gasteiger partial charge in [0.2, 0.25) is 0 Å². The van der Waals surface area contributed by atoms with E-state index in [2.05, 4.69) is 4.18 Å². The molecule has 164 valence electrons. The summed E-state index contributed by atoms with van der Waals surface area (Å²) in [6, 6.07) is 6.71. The lowest BCUT2D eigenvalue weighted by molar-refractivity contribution is -0.0500. The average Bonchev–Trinajstić information content (AvgIpc) is 3.48. The molecule has 8 heteroatoms. The standard InChI is InChI=1S/C23H21F3O4S/c24-23(25,26)31(28,29)30-18-8-6-16(20-12-2-4-14(10-12)22(18)20)15-5-7-17(27)21-13-3-1-11(9-13)19(15)21/h5-8,11-14,27H,1-4,9-10H2. The predicted molar refractivity (Wildman–Crippen MR) is 108 cm³/mol. The topological polar surface area (TPSA) is 63.6 Å². The molecule has 6 rings (SSSR count). The van der Waals surface area contributed by atoms with E-state index in [0.717, 1.165) is 66.3 Å². The third-order valence-electron chi connectivity index (χ3n) is 7.78. The minimum Gasteiger partial charge on any atom is -0.508 e. The number of fused-ring (bicyclic) bond motifs is 10. The Morgan fingerprint density at radius 3 is 1.84 bits per heavy atom. The first-order valence-corrected chi connectivity index (χ1v) is 12.1. The number of aromatic hydroxyl groups is 1. The first kappa shape index (κ1) is 19.5. The normalized spacial score (nSPS) is 28.1. The molecule has 0 aromatic heterocycles. The quantitative estimate of drug-likeness (QED) is 0.459. The molecule has 0 saturated heterocycles. The number of hydrogen-bond acceptors (Lipinski definition) is 4. The van der Waals surface area contributed by atoms with Gasteiger partial charge in [-0.15, -0.1) is 0 Å². The molecular formula is C23H21F3O4S. The first-order valence-electron chi connectivity index (χ1n) is 10.7. The molecule has 4 bridgehead atoms. The maximum absolute atomic E-state index is 12.9. The van der Waals surface area contributed by atoms with E-state index in [4.69, 9.17) is 0 Å². The summed E-state index contributed by atoms with van der Waals surface area (Å²) in [5.74, 6) is 1.08. The summed E-state index contributed by atoms with van der Waals surface area (Å²) in [4.78, 5) is 0. The Balaban J connectivity index is 1.53.